The van der Waals surface area contributed by atoms with Gasteiger partial charge in [0, 0.05) is 23.8 Å². The van der Waals surface area contributed by atoms with Gasteiger partial charge in [-0.1, -0.05) is 0 Å². The lowest BCUT2D eigenvalue weighted by atomic mass is 10.1. The van der Waals surface area contributed by atoms with E-state index in [-0.39, 0.29) is 36.3 Å². The third-order valence-electron chi connectivity index (χ3n) is 3.58. The van der Waals surface area contributed by atoms with Crippen LogP contribution < -0.4 is 16.0 Å². The van der Waals surface area contributed by atoms with Gasteiger partial charge in [0.05, 0.1) is 12.1 Å². The largest absolute Gasteiger partial charge is 0.392 e. The van der Waals surface area contributed by atoms with Crippen molar-refractivity contribution in [3.8, 4) is 0 Å². The van der Waals surface area contributed by atoms with Gasteiger partial charge in [-0.25, -0.2) is 0 Å². The average Bonchev–Trinajstić information content (AvgIpc) is 2.84. The van der Waals surface area contributed by atoms with Crippen LogP contribution in [0.25, 0.3) is 0 Å². The van der Waals surface area contributed by atoms with Gasteiger partial charge in [0.25, 0.3) is 5.91 Å². The maximum absolute atomic E-state index is 12.1. The Hall–Kier alpha value is -1.63. The molecule has 1 aliphatic heterocycles. The molecule has 1 aliphatic rings. The number of aryl methyl sites for hydroxylation is 1. The number of aliphatic hydroxyl groups excluding tert-OH is 1. The van der Waals surface area contributed by atoms with Gasteiger partial charge in [-0.15, -0.1) is 12.4 Å². The maximum Gasteiger partial charge on any atom is 0.251 e. The molecular weight excluding hydrogens is 318 g/mol. The first-order valence-corrected chi connectivity index (χ1v) is 7.50. The SMILES string of the molecule is Cc1cc(NC(=O)C2CC(O)CN2)ccc1C(=O)NC(C)C.Cl. The highest BCUT2D eigenvalue weighted by Gasteiger charge is 2.28. The Bertz CT molecular complexity index is 578. The molecule has 1 fully saturated rings. The summed E-state index contributed by atoms with van der Waals surface area (Å²) < 4.78 is 0. The third kappa shape index (κ3) is 5.20. The number of hydrogen-bond donors (Lipinski definition) is 4. The Balaban J connectivity index is 0.00000264. The molecule has 4 N–H and O–H groups in total. The monoisotopic (exact) mass is 341 g/mol. The van der Waals surface area contributed by atoms with E-state index in [4.69, 9.17) is 0 Å². The molecule has 2 rings (SSSR count). The molecule has 0 aliphatic carbocycles. The smallest absolute Gasteiger partial charge is 0.251 e. The molecule has 7 heteroatoms. The molecule has 1 saturated heterocycles. The molecule has 6 nitrogen and oxygen atoms in total. The van der Waals surface area contributed by atoms with Crippen LogP contribution >= 0.6 is 12.4 Å². The highest BCUT2D eigenvalue weighted by molar-refractivity contribution is 5.98. The van der Waals surface area contributed by atoms with Gasteiger partial charge in [0.1, 0.15) is 0 Å². The fourth-order valence-electron chi connectivity index (χ4n) is 2.48. The average molecular weight is 342 g/mol. The Kier molecular flexibility index (Phi) is 7.00. The summed E-state index contributed by atoms with van der Waals surface area (Å²) in [4.78, 5) is 24.1. The van der Waals surface area contributed by atoms with Crippen molar-refractivity contribution < 1.29 is 14.7 Å². The number of carbonyl (C=O) groups excluding carboxylic acids is 2. The molecule has 2 amide bonds. The highest BCUT2D eigenvalue weighted by atomic mass is 35.5. The van der Waals surface area contributed by atoms with Gasteiger partial charge in [-0.05, 0) is 51.0 Å². The summed E-state index contributed by atoms with van der Waals surface area (Å²) in [5.74, 6) is -0.290. The predicted octanol–water partition coefficient (Wildman–Crippen LogP) is 1.22. The van der Waals surface area contributed by atoms with Crippen LogP contribution in [0.15, 0.2) is 18.2 Å². The first-order chi connectivity index (χ1) is 10.4. The van der Waals surface area contributed by atoms with E-state index >= 15 is 0 Å². The van der Waals surface area contributed by atoms with Crippen LogP contribution in [0.4, 0.5) is 5.69 Å². The van der Waals surface area contributed by atoms with Crippen molar-refractivity contribution in [3.63, 3.8) is 0 Å². The van der Waals surface area contributed by atoms with Crippen molar-refractivity contribution in [2.75, 3.05) is 11.9 Å². The Morgan fingerprint density at radius 2 is 2.04 bits per heavy atom. The Morgan fingerprint density at radius 1 is 1.35 bits per heavy atom. The first kappa shape index (κ1) is 19.4. The maximum atomic E-state index is 12.1. The van der Waals surface area contributed by atoms with E-state index in [0.29, 0.717) is 24.2 Å². The second kappa shape index (κ2) is 8.29. The number of carbonyl (C=O) groups is 2. The summed E-state index contributed by atoms with van der Waals surface area (Å²) in [6.45, 7) is 6.09. The molecule has 128 valence electrons. The fraction of sp³-hybridized carbons (Fsp3) is 0.500. The predicted molar refractivity (Wildman–Crippen MR) is 92.1 cm³/mol. The van der Waals surface area contributed by atoms with Crippen molar-refractivity contribution in [1.82, 2.24) is 10.6 Å². The van der Waals surface area contributed by atoms with Crippen LogP contribution in [-0.4, -0.2) is 41.7 Å². The topological polar surface area (TPSA) is 90.5 Å². The minimum absolute atomic E-state index is 0. The molecule has 2 unspecified atom stereocenters. The van der Waals surface area contributed by atoms with Crippen molar-refractivity contribution >= 4 is 29.9 Å². The van der Waals surface area contributed by atoms with Gasteiger partial charge in [0.2, 0.25) is 5.91 Å². The number of amides is 2. The molecule has 0 radical (unpaired) electrons. The number of rotatable bonds is 4. The quantitative estimate of drug-likeness (QED) is 0.662. The number of nitrogens with one attached hydrogen (secondary N) is 3. The van der Waals surface area contributed by atoms with Crippen LogP contribution in [0.2, 0.25) is 0 Å². The van der Waals surface area contributed by atoms with Gasteiger partial charge >= 0.3 is 0 Å². The summed E-state index contributed by atoms with van der Waals surface area (Å²) in [6, 6.07) is 4.90. The molecule has 0 saturated carbocycles. The normalized spacial score (nSPS) is 20.0. The third-order valence-corrected chi connectivity index (χ3v) is 3.58. The van der Waals surface area contributed by atoms with Crippen LogP contribution in [0.5, 0.6) is 0 Å². The van der Waals surface area contributed by atoms with Crippen LogP contribution in [0.3, 0.4) is 0 Å². The van der Waals surface area contributed by atoms with Gasteiger partial charge in [-0.2, -0.15) is 0 Å². The van der Waals surface area contributed by atoms with Crippen molar-refractivity contribution in [2.24, 2.45) is 0 Å². The Labute approximate surface area is 142 Å². The molecule has 23 heavy (non-hydrogen) atoms. The van der Waals surface area contributed by atoms with Crippen LogP contribution in [0.1, 0.15) is 36.2 Å². The van der Waals surface area contributed by atoms with E-state index in [1.165, 1.54) is 0 Å². The summed E-state index contributed by atoms with van der Waals surface area (Å²) in [6.07, 6.45) is -0.0562. The Morgan fingerprint density at radius 3 is 2.57 bits per heavy atom. The second-order valence-electron chi connectivity index (χ2n) is 6.00. The van der Waals surface area contributed by atoms with E-state index in [1.807, 2.05) is 20.8 Å². The number of aliphatic hydroxyl groups is 1. The second-order valence-corrected chi connectivity index (χ2v) is 6.00. The first-order valence-electron chi connectivity index (χ1n) is 7.50. The van der Waals surface area contributed by atoms with E-state index < -0.39 is 6.10 Å². The zero-order chi connectivity index (χ0) is 16.3. The number of anilines is 1. The van der Waals surface area contributed by atoms with E-state index in [9.17, 15) is 14.7 Å². The van der Waals surface area contributed by atoms with Crippen LogP contribution in [-0.2, 0) is 4.79 Å². The zero-order valence-corrected chi connectivity index (χ0v) is 14.4. The fourth-order valence-corrected chi connectivity index (χ4v) is 2.48. The lowest BCUT2D eigenvalue weighted by Gasteiger charge is -2.14. The molecule has 1 heterocycles. The molecule has 1 aromatic rings. The van der Waals surface area contributed by atoms with Gasteiger partial charge in [-0.3, -0.25) is 9.59 Å². The summed E-state index contributed by atoms with van der Waals surface area (Å²) in [7, 11) is 0. The number of halogens is 1. The number of benzene rings is 1. The molecule has 0 aromatic heterocycles. The lowest BCUT2D eigenvalue weighted by molar-refractivity contribution is -0.117. The number of hydrogen-bond acceptors (Lipinski definition) is 4. The molecular formula is C16H24ClN3O3. The summed E-state index contributed by atoms with van der Waals surface area (Å²) in [5.41, 5.74) is 2.04. The van der Waals surface area contributed by atoms with Gasteiger partial charge < -0.3 is 21.1 Å². The van der Waals surface area contributed by atoms with Crippen molar-refractivity contribution in [3.05, 3.63) is 29.3 Å². The molecule has 1 aromatic carbocycles. The van der Waals surface area contributed by atoms with E-state index in [1.54, 1.807) is 18.2 Å². The number of β-amino-alcohol motifs (C(OH)–C–C–N with tert-alkyl or cyclic N) is 1. The van der Waals surface area contributed by atoms with Gasteiger partial charge in [0.15, 0.2) is 0 Å². The minimum Gasteiger partial charge on any atom is -0.392 e. The molecule has 2 atom stereocenters. The van der Waals surface area contributed by atoms with Crippen molar-refractivity contribution in [2.45, 2.75) is 45.4 Å². The van der Waals surface area contributed by atoms with Crippen molar-refractivity contribution in [1.29, 1.82) is 0 Å². The zero-order valence-electron chi connectivity index (χ0n) is 13.6. The highest BCUT2D eigenvalue weighted by Crippen LogP contribution is 2.17. The van der Waals surface area contributed by atoms with E-state index in [2.05, 4.69) is 16.0 Å². The van der Waals surface area contributed by atoms with E-state index in [0.717, 1.165) is 5.56 Å². The van der Waals surface area contributed by atoms with Crippen LogP contribution in [0, 0.1) is 6.92 Å². The molecule has 0 spiro atoms. The standard InChI is InChI=1S/C16H23N3O3.ClH/c1-9(2)18-15(21)13-5-4-11(6-10(13)3)19-16(22)14-7-12(20)8-17-14;/h4-6,9,12,14,17,20H,7-8H2,1-3H3,(H,18,21)(H,19,22);1H. The molecule has 0 bridgehead atoms. The minimum atomic E-state index is -0.473. The summed E-state index contributed by atoms with van der Waals surface area (Å²) in [5, 5.41) is 18.1. The lowest BCUT2D eigenvalue weighted by Crippen LogP contribution is -2.35. The summed E-state index contributed by atoms with van der Waals surface area (Å²) >= 11 is 0.